The lowest BCUT2D eigenvalue weighted by molar-refractivity contribution is -0.139. The van der Waals surface area contributed by atoms with Crippen LogP contribution in [-0.4, -0.2) is 59.9 Å². The molecular formula is C20H29N3O2. The number of piperidine rings is 1. The van der Waals surface area contributed by atoms with Crippen LogP contribution in [0.4, 0.5) is 0 Å². The Bertz CT molecular complexity index is 590. The van der Waals surface area contributed by atoms with Crippen molar-refractivity contribution in [2.75, 3.05) is 26.2 Å². The Morgan fingerprint density at radius 3 is 2.72 bits per heavy atom. The topological polar surface area (TPSA) is 52.6 Å². The van der Waals surface area contributed by atoms with Gasteiger partial charge in [-0.3, -0.25) is 14.5 Å². The van der Waals surface area contributed by atoms with E-state index in [1.54, 1.807) is 0 Å². The van der Waals surface area contributed by atoms with Gasteiger partial charge in [-0.15, -0.1) is 0 Å². The first kappa shape index (κ1) is 17.9. The van der Waals surface area contributed by atoms with E-state index in [1.165, 1.54) is 19.3 Å². The predicted molar refractivity (Wildman–Crippen MR) is 98.2 cm³/mol. The molecule has 5 nitrogen and oxygen atoms in total. The van der Waals surface area contributed by atoms with E-state index in [0.29, 0.717) is 12.5 Å². The van der Waals surface area contributed by atoms with Gasteiger partial charge >= 0.3 is 0 Å². The number of hydrogen-bond acceptors (Lipinski definition) is 3. The standard InChI is InChI=1S/C20H29N3O2/c1-2-17-14-22-11-7-6-10-18(22)15-23(17)20(25)13-21-19(24)12-16-8-4-3-5-9-16/h3-5,8-9,17-18H,2,6-7,10-15H2,1H3,(H,21,24). The minimum atomic E-state index is -0.0936. The summed E-state index contributed by atoms with van der Waals surface area (Å²) in [6.45, 7) is 5.20. The number of amides is 2. The minimum absolute atomic E-state index is 0.0542. The Morgan fingerprint density at radius 2 is 1.96 bits per heavy atom. The van der Waals surface area contributed by atoms with Gasteiger partial charge in [-0.1, -0.05) is 43.7 Å². The molecule has 0 aromatic heterocycles. The molecule has 0 spiro atoms. The quantitative estimate of drug-likeness (QED) is 0.887. The fraction of sp³-hybridized carbons (Fsp3) is 0.600. The summed E-state index contributed by atoms with van der Waals surface area (Å²) in [4.78, 5) is 29.3. The van der Waals surface area contributed by atoms with Crippen LogP contribution >= 0.6 is 0 Å². The molecule has 2 heterocycles. The largest absolute Gasteiger partial charge is 0.347 e. The number of fused-ring (bicyclic) bond motifs is 1. The second kappa shape index (κ2) is 8.48. The summed E-state index contributed by atoms with van der Waals surface area (Å²) in [5, 5.41) is 2.80. The molecule has 5 heteroatoms. The first-order chi connectivity index (χ1) is 12.2. The molecule has 1 aromatic rings. The zero-order chi connectivity index (χ0) is 17.6. The molecule has 1 N–H and O–H groups in total. The maximum Gasteiger partial charge on any atom is 0.242 e. The van der Waals surface area contributed by atoms with Gasteiger partial charge in [0.25, 0.3) is 0 Å². The van der Waals surface area contributed by atoms with Crippen LogP contribution in [0.3, 0.4) is 0 Å². The number of carbonyl (C=O) groups is 2. The van der Waals surface area contributed by atoms with Gasteiger partial charge in [0.05, 0.1) is 13.0 Å². The third-order valence-electron chi connectivity index (χ3n) is 5.48. The van der Waals surface area contributed by atoms with Crippen molar-refractivity contribution in [3.05, 3.63) is 35.9 Å². The number of benzene rings is 1. The summed E-state index contributed by atoms with van der Waals surface area (Å²) < 4.78 is 0. The lowest BCUT2D eigenvalue weighted by atomic mass is 9.95. The van der Waals surface area contributed by atoms with E-state index in [2.05, 4.69) is 17.1 Å². The molecule has 2 unspecified atom stereocenters. The van der Waals surface area contributed by atoms with Crippen molar-refractivity contribution < 1.29 is 9.59 Å². The van der Waals surface area contributed by atoms with E-state index in [4.69, 9.17) is 0 Å². The van der Waals surface area contributed by atoms with Gasteiger partial charge in [-0.25, -0.2) is 0 Å². The summed E-state index contributed by atoms with van der Waals surface area (Å²) in [5.41, 5.74) is 0.967. The summed E-state index contributed by atoms with van der Waals surface area (Å²) in [6, 6.07) is 10.4. The Kier molecular flexibility index (Phi) is 6.08. The lowest BCUT2D eigenvalue weighted by Crippen LogP contribution is -2.61. The van der Waals surface area contributed by atoms with Crippen molar-refractivity contribution in [2.24, 2.45) is 0 Å². The monoisotopic (exact) mass is 343 g/mol. The van der Waals surface area contributed by atoms with Crippen LogP contribution in [0, 0.1) is 0 Å². The molecule has 2 atom stereocenters. The van der Waals surface area contributed by atoms with Gasteiger partial charge in [0.1, 0.15) is 0 Å². The third kappa shape index (κ3) is 4.60. The molecule has 136 valence electrons. The van der Waals surface area contributed by atoms with Crippen LogP contribution < -0.4 is 5.32 Å². The molecule has 2 aliphatic heterocycles. The number of piperazine rings is 1. The van der Waals surface area contributed by atoms with E-state index in [0.717, 1.165) is 31.6 Å². The third-order valence-corrected chi connectivity index (χ3v) is 5.48. The van der Waals surface area contributed by atoms with Crippen molar-refractivity contribution in [2.45, 2.75) is 51.1 Å². The Labute approximate surface area is 150 Å². The number of hydrogen-bond donors (Lipinski definition) is 1. The van der Waals surface area contributed by atoms with Crippen LogP contribution in [0.5, 0.6) is 0 Å². The Morgan fingerprint density at radius 1 is 1.16 bits per heavy atom. The molecule has 25 heavy (non-hydrogen) atoms. The molecular weight excluding hydrogens is 314 g/mol. The summed E-state index contributed by atoms with van der Waals surface area (Å²) in [6.07, 6.45) is 5.00. The Hall–Kier alpha value is -1.88. The van der Waals surface area contributed by atoms with Crippen LogP contribution in [0.1, 0.15) is 38.2 Å². The first-order valence-electron chi connectivity index (χ1n) is 9.51. The van der Waals surface area contributed by atoms with Gasteiger partial charge in [-0.05, 0) is 31.4 Å². The average Bonchev–Trinajstić information content (AvgIpc) is 2.65. The fourth-order valence-electron chi connectivity index (χ4n) is 4.03. The molecule has 0 bridgehead atoms. The van der Waals surface area contributed by atoms with Crippen LogP contribution in [0.15, 0.2) is 30.3 Å². The highest BCUT2D eigenvalue weighted by atomic mass is 16.2. The van der Waals surface area contributed by atoms with Gasteiger partial charge < -0.3 is 10.2 Å². The smallest absolute Gasteiger partial charge is 0.242 e. The van der Waals surface area contributed by atoms with Crippen LogP contribution in [0.2, 0.25) is 0 Å². The number of nitrogens with one attached hydrogen (secondary N) is 1. The minimum Gasteiger partial charge on any atom is -0.347 e. The highest BCUT2D eigenvalue weighted by Crippen LogP contribution is 2.25. The lowest BCUT2D eigenvalue weighted by Gasteiger charge is -2.48. The summed E-state index contributed by atoms with van der Waals surface area (Å²) in [5.74, 6) is -0.0395. The van der Waals surface area contributed by atoms with Gasteiger partial charge in [0, 0.05) is 25.2 Å². The molecule has 2 saturated heterocycles. The molecule has 2 aliphatic rings. The number of nitrogens with zero attached hydrogens (tertiary/aromatic N) is 2. The van der Waals surface area contributed by atoms with Gasteiger partial charge in [0.2, 0.25) is 11.8 Å². The van der Waals surface area contributed by atoms with E-state index < -0.39 is 0 Å². The van der Waals surface area contributed by atoms with Gasteiger partial charge in [0.15, 0.2) is 0 Å². The highest BCUT2D eigenvalue weighted by molar-refractivity contribution is 5.86. The number of carbonyl (C=O) groups excluding carboxylic acids is 2. The SMILES string of the molecule is CCC1CN2CCCCC2CN1C(=O)CNC(=O)Cc1ccccc1. The maximum absolute atomic E-state index is 12.7. The second-order valence-corrected chi connectivity index (χ2v) is 7.19. The molecule has 0 radical (unpaired) electrons. The van der Waals surface area contributed by atoms with E-state index in [9.17, 15) is 9.59 Å². The van der Waals surface area contributed by atoms with Crippen molar-refractivity contribution in [1.82, 2.24) is 15.1 Å². The molecule has 2 fully saturated rings. The fourth-order valence-corrected chi connectivity index (χ4v) is 4.03. The highest BCUT2D eigenvalue weighted by Gasteiger charge is 2.36. The predicted octanol–water partition coefficient (Wildman–Crippen LogP) is 1.82. The zero-order valence-electron chi connectivity index (χ0n) is 15.1. The van der Waals surface area contributed by atoms with E-state index >= 15 is 0 Å². The summed E-state index contributed by atoms with van der Waals surface area (Å²) in [7, 11) is 0. The molecule has 0 saturated carbocycles. The van der Waals surface area contributed by atoms with Crippen molar-refractivity contribution in [3.63, 3.8) is 0 Å². The molecule has 1 aromatic carbocycles. The van der Waals surface area contributed by atoms with E-state index in [-0.39, 0.29) is 24.4 Å². The second-order valence-electron chi connectivity index (χ2n) is 7.19. The van der Waals surface area contributed by atoms with E-state index in [1.807, 2.05) is 35.2 Å². The molecule has 3 rings (SSSR count). The van der Waals surface area contributed by atoms with Crippen LogP contribution in [-0.2, 0) is 16.0 Å². The Balaban J connectivity index is 1.51. The first-order valence-corrected chi connectivity index (χ1v) is 9.51. The van der Waals surface area contributed by atoms with Crippen molar-refractivity contribution >= 4 is 11.8 Å². The van der Waals surface area contributed by atoms with Gasteiger partial charge in [-0.2, -0.15) is 0 Å². The van der Waals surface area contributed by atoms with Crippen LogP contribution in [0.25, 0.3) is 0 Å². The maximum atomic E-state index is 12.7. The van der Waals surface area contributed by atoms with Crippen molar-refractivity contribution in [1.29, 1.82) is 0 Å². The molecule has 2 amide bonds. The summed E-state index contributed by atoms with van der Waals surface area (Å²) >= 11 is 0. The van der Waals surface area contributed by atoms with Crippen molar-refractivity contribution in [3.8, 4) is 0 Å². The normalized spacial score (nSPS) is 23.8. The number of rotatable bonds is 5. The zero-order valence-corrected chi connectivity index (χ0v) is 15.1. The molecule has 0 aliphatic carbocycles. The average molecular weight is 343 g/mol.